The standard InChI is InChI=1S/C13H18N2O4/c1-4-19-12(16)14-15(13(17)18-3)10(2)11-8-6-5-7-9-11/h5-10H,4H2,1-3H3,(H,14,16). The third kappa shape index (κ3) is 4.17. The molecule has 6 heteroatoms. The van der Waals surface area contributed by atoms with Gasteiger partial charge in [-0.3, -0.25) is 0 Å². The van der Waals surface area contributed by atoms with Crippen molar-refractivity contribution in [1.82, 2.24) is 10.4 Å². The highest BCUT2D eigenvalue weighted by molar-refractivity contribution is 5.74. The van der Waals surface area contributed by atoms with E-state index in [0.717, 1.165) is 10.6 Å². The molecule has 0 heterocycles. The normalized spacial score (nSPS) is 11.3. The average Bonchev–Trinajstić information content (AvgIpc) is 2.44. The van der Waals surface area contributed by atoms with E-state index in [4.69, 9.17) is 4.74 Å². The van der Waals surface area contributed by atoms with Crippen LogP contribution in [-0.4, -0.2) is 30.9 Å². The fourth-order valence-corrected chi connectivity index (χ4v) is 1.54. The van der Waals surface area contributed by atoms with Crippen molar-refractivity contribution < 1.29 is 19.1 Å². The maximum Gasteiger partial charge on any atom is 0.429 e. The average molecular weight is 266 g/mol. The van der Waals surface area contributed by atoms with Crippen LogP contribution in [-0.2, 0) is 9.47 Å². The molecule has 0 spiro atoms. The van der Waals surface area contributed by atoms with Crippen LogP contribution < -0.4 is 5.43 Å². The van der Waals surface area contributed by atoms with E-state index in [9.17, 15) is 9.59 Å². The molecular weight excluding hydrogens is 248 g/mol. The van der Waals surface area contributed by atoms with Crippen LogP contribution in [0.15, 0.2) is 30.3 Å². The lowest BCUT2D eigenvalue weighted by molar-refractivity contribution is 0.0673. The summed E-state index contributed by atoms with van der Waals surface area (Å²) in [4.78, 5) is 23.1. The first-order valence-corrected chi connectivity index (χ1v) is 5.95. The molecule has 19 heavy (non-hydrogen) atoms. The Balaban J connectivity index is 2.85. The molecule has 1 unspecified atom stereocenters. The largest absolute Gasteiger partial charge is 0.452 e. The Labute approximate surface area is 112 Å². The molecule has 1 atom stereocenters. The minimum atomic E-state index is -0.698. The van der Waals surface area contributed by atoms with Crippen molar-refractivity contribution >= 4 is 12.2 Å². The fraction of sp³-hybridized carbons (Fsp3) is 0.385. The van der Waals surface area contributed by atoms with Crippen LogP contribution in [0.2, 0.25) is 0 Å². The van der Waals surface area contributed by atoms with Gasteiger partial charge in [0.25, 0.3) is 0 Å². The predicted octanol–water partition coefficient (Wildman–Crippen LogP) is 2.48. The maximum absolute atomic E-state index is 11.7. The molecule has 1 aromatic carbocycles. The summed E-state index contributed by atoms with van der Waals surface area (Å²) in [5, 5.41) is 1.09. The van der Waals surface area contributed by atoms with Gasteiger partial charge < -0.3 is 9.47 Å². The number of nitrogens with one attached hydrogen (secondary N) is 1. The third-order valence-electron chi connectivity index (χ3n) is 2.53. The molecule has 0 aromatic heterocycles. The first-order chi connectivity index (χ1) is 9.10. The number of carbonyl (C=O) groups excluding carboxylic acids is 2. The molecule has 0 radical (unpaired) electrons. The monoisotopic (exact) mass is 266 g/mol. The molecule has 0 saturated carbocycles. The summed E-state index contributed by atoms with van der Waals surface area (Å²) in [5.74, 6) is 0. The van der Waals surface area contributed by atoms with Crippen molar-refractivity contribution in [3.05, 3.63) is 35.9 Å². The minimum absolute atomic E-state index is 0.223. The fourth-order valence-electron chi connectivity index (χ4n) is 1.54. The van der Waals surface area contributed by atoms with Crippen molar-refractivity contribution in [2.45, 2.75) is 19.9 Å². The van der Waals surface area contributed by atoms with E-state index < -0.39 is 12.2 Å². The van der Waals surface area contributed by atoms with Crippen molar-refractivity contribution in [2.75, 3.05) is 13.7 Å². The summed E-state index contributed by atoms with van der Waals surface area (Å²) in [6, 6.07) is 8.91. The van der Waals surface area contributed by atoms with Crippen LogP contribution in [0.25, 0.3) is 0 Å². The Morgan fingerprint density at radius 3 is 2.47 bits per heavy atom. The molecule has 104 valence electrons. The van der Waals surface area contributed by atoms with E-state index >= 15 is 0 Å². The molecule has 0 saturated heterocycles. The van der Waals surface area contributed by atoms with Crippen LogP contribution in [0, 0.1) is 0 Å². The molecule has 1 rings (SSSR count). The van der Waals surface area contributed by atoms with Gasteiger partial charge in [0.05, 0.1) is 19.8 Å². The van der Waals surface area contributed by atoms with Gasteiger partial charge in [0.2, 0.25) is 0 Å². The summed E-state index contributed by atoms with van der Waals surface area (Å²) in [6.07, 6.45) is -1.36. The van der Waals surface area contributed by atoms with E-state index in [-0.39, 0.29) is 12.6 Å². The van der Waals surface area contributed by atoms with Crippen molar-refractivity contribution in [2.24, 2.45) is 0 Å². The number of benzene rings is 1. The van der Waals surface area contributed by atoms with Crippen LogP contribution in [0.4, 0.5) is 9.59 Å². The number of hydrogen-bond acceptors (Lipinski definition) is 4. The number of carbonyl (C=O) groups is 2. The first kappa shape index (κ1) is 14.8. The number of rotatable bonds is 3. The summed E-state index contributed by atoms with van der Waals surface area (Å²) in [6.45, 7) is 3.68. The van der Waals surface area contributed by atoms with E-state index in [2.05, 4.69) is 10.2 Å². The molecule has 1 N–H and O–H groups in total. The van der Waals surface area contributed by atoms with Gasteiger partial charge in [0.1, 0.15) is 0 Å². The highest BCUT2D eigenvalue weighted by Crippen LogP contribution is 2.18. The minimum Gasteiger partial charge on any atom is -0.452 e. The van der Waals surface area contributed by atoms with Gasteiger partial charge in [0.15, 0.2) is 0 Å². The van der Waals surface area contributed by atoms with E-state index in [1.165, 1.54) is 7.11 Å². The summed E-state index contributed by atoms with van der Waals surface area (Å²) in [7, 11) is 1.25. The van der Waals surface area contributed by atoms with Crippen LogP contribution in [0.3, 0.4) is 0 Å². The van der Waals surface area contributed by atoms with E-state index in [0.29, 0.717) is 0 Å². The Bertz CT molecular complexity index is 422. The summed E-state index contributed by atoms with van der Waals surface area (Å²) >= 11 is 0. The SMILES string of the molecule is CCOC(=O)NN(C(=O)OC)C(C)c1ccccc1. The molecule has 2 amide bonds. The van der Waals surface area contributed by atoms with Gasteiger partial charge in [0, 0.05) is 0 Å². The van der Waals surface area contributed by atoms with Crippen LogP contribution in [0.1, 0.15) is 25.5 Å². The smallest absolute Gasteiger partial charge is 0.429 e. The number of methoxy groups -OCH3 is 1. The summed E-state index contributed by atoms with van der Waals surface area (Å²) in [5.41, 5.74) is 3.23. The number of ether oxygens (including phenoxy) is 2. The highest BCUT2D eigenvalue weighted by Gasteiger charge is 2.24. The number of hydrazine groups is 1. The van der Waals surface area contributed by atoms with Crippen LogP contribution in [0.5, 0.6) is 0 Å². The van der Waals surface area contributed by atoms with Gasteiger partial charge in [-0.2, -0.15) is 0 Å². The number of nitrogens with zero attached hydrogens (tertiary/aromatic N) is 1. The molecule has 0 bridgehead atoms. The maximum atomic E-state index is 11.7. The molecule has 0 aliphatic rings. The Kier molecular flexibility index (Phi) is 5.66. The van der Waals surface area contributed by atoms with Gasteiger partial charge in [-0.1, -0.05) is 30.3 Å². The Hall–Kier alpha value is -2.24. The predicted molar refractivity (Wildman–Crippen MR) is 69.3 cm³/mol. The zero-order valence-corrected chi connectivity index (χ0v) is 11.3. The highest BCUT2D eigenvalue weighted by atomic mass is 16.6. The molecule has 1 aromatic rings. The molecule has 0 aliphatic carbocycles. The number of amides is 2. The quantitative estimate of drug-likeness (QED) is 0.853. The Morgan fingerprint density at radius 2 is 1.95 bits per heavy atom. The van der Waals surface area contributed by atoms with E-state index in [1.807, 2.05) is 30.3 Å². The zero-order chi connectivity index (χ0) is 14.3. The molecular formula is C13H18N2O4. The molecule has 0 aliphatic heterocycles. The Morgan fingerprint density at radius 1 is 1.32 bits per heavy atom. The lowest BCUT2D eigenvalue weighted by Crippen LogP contribution is -2.47. The van der Waals surface area contributed by atoms with Crippen molar-refractivity contribution in [1.29, 1.82) is 0 Å². The third-order valence-corrected chi connectivity index (χ3v) is 2.53. The second-order valence-corrected chi connectivity index (χ2v) is 3.76. The summed E-state index contributed by atoms with van der Waals surface area (Å²) < 4.78 is 9.40. The topological polar surface area (TPSA) is 67.9 Å². The van der Waals surface area contributed by atoms with Crippen LogP contribution >= 0.6 is 0 Å². The lowest BCUT2D eigenvalue weighted by atomic mass is 10.1. The number of hydrogen-bond donors (Lipinski definition) is 1. The van der Waals surface area contributed by atoms with Gasteiger partial charge in [-0.15, -0.1) is 0 Å². The first-order valence-electron chi connectivity index (χ1n) is 5.95. The zero-order valence-electron chi connectivity index (χ0n) is 11.3. The van der Waals surface area contributed by atoms with Gasteiger partial charge >= 0.3 is 12.2 Å². The van der Waals surface area contributed by atoms with E-state index in [1.54, 1.807) is 13.8 Å². The second-order valence-electron chi connectivity index (χ2n) is 3.76. The van der Waals surface area contributed by atoms with Gasteiger partial charge in [-0.25, -0.2) is 20.0 Å². The van der Waals surface area contributed by atoms with Crippen molar-refractivity contribution in [3.8, 4) is 0 Å². The van der Waals surface area contributed by atoms with Crippen molar-refractivity contribution in [3.63, 3.8) is 0 Å². The molecule has 6 nitrogen and oxygen atoms in total. The second kappa shape index (κ2) is 7.25. The van der Waals surface area contributed by atoms with Gasteiger partial charge in [-0.05, 0) is 19.4 Å². The lowest BCUT2D eigenvalue weighted by Gasteiger charge is -2.27. The molecule has 0 fully saturated rings.